The zero-order valence-corrected chi connectivity index (χ0v) is 13.3. The number of terminal acetylenes is 1. The summed E-state index contributed by atoms with van der Waals surface area (Å²) in [4.78, 5) is 16.2. The fraction of sp³-hybridized carbons (Fsp3) is 0.100. The van der Waals surface area contributed by atoms with Crippen molar-refractivity contribution in [3.63, 3.8) is 0 Å². The molecule has 1 N–H and O–H groups in total. The number of amides is 1. The second-order valence-electron chi connectivity index (χ2n) is 5.40. The van der Waals surface area contributed by atoms with Gasteiger partial charge in [-0.15, -0.1) is 6.42 Å². The molecule has 4 nitrogen and oxygen atoms in total. The highest BCUT2D eigenvalue weighted by atomic mass is 19.1. The largest absolute Gasteiger partial charge is 0.441 e. The Labute approximate surface area is 144 Å². The van der Waals surface area contributed by atoms with Crippen molar-refractivity contribution >= 4 is 11.6 Å². The molecule has 1 amide bonds. The van der Waals surface area contributed by atoms with Gasteiger partial charge in [0.1, 0.15) is 5.82 Å². The molecule has 1 heterocycles. The van der Waals surface area contributed by atoms with Gasteiger partial charge in [0.2, 0.25) is 5.91 Å². The first kappa shape index (κ1) is 16.5. The first-order chi connectivity index (χ1) is 12.1. The molecule has 2 aromatic carbocycles. The van der Waals surface area contributed by atoms with Gasteiger partial charge in [-0.3, -0.25) is 4.79 Å². The molecular formula is C20H15FN2O2. The Morgan fingerprint density at radius 1 is 1.24 bits per heavy atom. The van der Waals surface area contributed by atoms with E-state index in [4.69, 9.17) is 10.8 Å². The van der Waals surface area contributed by atoms with Crippen LogP contribution in [0.25, 0.3) is 11.3 Å². The predicted molar refractivity (Wildman–Crippen MR) is 93.2 cm³/mol. The van der Waals surface area contributed by atoms with Crippen molar-refractivity contribution < 1.29 is 13.6 Å². The number of aryl methyl sites for hydroxylation is 1. The van der Waals surface area contributed by atoms with Crippen molar-refractivity contribution in [3.05, 3.63) is 72.0 Å². The van der Waals surface area contributed by atoms with Crippen LogP contribution in [0.1, 0.15) is 17.9 Å². The van der Waals surface area contributed by atoms with Gasteiger partial charge < -0.3 is 9.73 Å². The highest BCUT2D eigenvalue weighted by Crippen LogP contribution is 2.21. The Hall–Kier alpha value is -3.39. The van der Waals surface area contributed by atoms with Crippen LogP contribution in [0.15, 0.2) is 59.1 Å². The van der Waals surface area contributed by atoms with Crippen LogP contribution < -0.4 is 5.32 Å². The predicted octanol–water partition coefficient (Wildman–Crippen LogP) is 4.03. The third kappa shape index (κ3) is 4.33. The highest BCUT2D eigenvalue weighted by molar-refractivity contribution is 5.90. The maximum absolute atomic E-state index is 12.9. The minimum atomic E-state index is -0.311. The highest BCUT2D eigenvalue weighted by Gasteiger charge is 2.09. The number of hydrogen-bond donors (Lipinski definition) is 1. The van der Waals surface area contributed by atoms with E-state index >= 15 is 0 Å². The number of nitrogens with one attached hydrogen (secondary N) is 1. The molecule has 0 aliphatic carbocycles. The Kier molecular flexibility index (Phi) is 4.91. The molecule has 3 aromatic rings. The van der Waals surface area contributed by atoms with E-state index in [2.05, 4.69) is 16.2 Å². The molecule has 5 heteroatoms. The van der Waals surface area contributed by atoms with Crippen molar-refractivity contribution in [2.45, 2.75) is 12.8 Å². The fourth-order valence-corrected chi connectivity index (χ4v) is 2.30. The van der Waals surface area contributed by atoms with Crippen molar-refractivity contribution in [3.8, 4) is 23.7 Å². The van der Waals surface area contributed by atoms with Crippen LogP contribution in [0.5, 0.6) is 0 Å². The number of carbonyl (C=O) groups excluding carboxylic acids is 1. The van der Waals surface area contributed by atoms with Gasteiger partial charge in [-0.25, -0.2) is 9.37 Å². The molecule has 0 bridgehead atoms. The summed E-state index contributed by atoms with van der Waals surface area (Å²) >= 11 is 0. The summed E-state index contributed by atoms with van der Waals surface area (Å²) in [7, 11) is 0. The standard InChI is InChI=1S/C20H15FN2O2/c1-2-14-4-3-5-17(12-14)23-19(24)10-11-20-22-13-18(25-20)15-6-8-16(21)9-7-15/h1,3-9,12-13H,10-11H2,(H,23,24). The maximum atomic E-state index is 12.9. The van der Waals surface area contributed by atoms with Gasteiger partial charge in [0.05, 0.1) is 6.20 Å². The summed E-state index contributed by atoms with van der Waals surface area (Å²) in [5, 5.41) is 2.79. The van der Waals surface area contributed by atoms with Gasteiger partial charge in [-0.1, -0.05) is 12.0 Å². The Morgan fingerprint density at radius 2 is 2.04 bits per heavy atom. The van der Waals surface area contributed by atoms with E-state index in [1.807, 2.05) is 0 Å². The Bertz CT molecular complexity index is 923. The second kappa shape index (κ2) is 7.45. The van der Waals surface area contributed by atoms with E-state index < -0.39 is 0 Å². The third-order valence-corrected chi connectivity index (χ3v) is 3.56. The summed E-state index contributed by atoms with van der Waals surface area (Å²) in [5.74, 6) is 3.04. The van der Waals surface area contributed by atoms with Crippen LogP contribution in [-0.2, 0) is 11.2 Å². The van der Waals surface area contributed by atoms with Crippen LogP contribution >= 0.6 is 0 Å². The molecular weight excluding hydrogens is 319 g/mol. The van der Waals surface area contributed by atoms with Gasteiger partial charge in [-0.05, 0) is 42.5 Å². The SMILES string of the molecule is C#Cc1cccc(NC(=O)CCc2ncc(-c3ccc(F)cc3)o2)c1. The topological polar surface area (TPSA) is 55.1 Å². The number of oxazole rings is 1. The monoisotopic (exact) mass is 334 g/mol. The number of halogens is 1. The van der Waals surface area contributed by atoms with E-state index in [1.54, 1.807) is 42.6 Å². The Balaban J connectivity index is 1.57. The molecule has 0 aliphatic rings. The molecule has 0 atom stereocenters. The molecule has 3 rings (SSSR count). The van der Waals surface area contributed by atoms with Gasteiger partial charge in [0.15, 0.2) is 11.7 Å². The fourth-order valence-electron chi connectivity index (χ4n) is 2.30. The maximum Gasteiger partial charge on any atom is 0.224 e. The molecule has 0 aliphatic heterocycles. The minimum Gasteiger partial charge on any atom is -0.441 e. The number of carbonyl (C=O) groups is 1. The van der Waals surface area contributed by atoms with E-state index in [0.29, 0.717) is 29.3 Å². The lowest BCUT2D eigenvalue weighted by Gasteiger charge is -2.04. The molecule has 0 unspecified atom stereocenters. The summed E-state index contributed by atoms with van der Waals surface area (Å²) in [6.07, 6.45) is 7.49. The van der Waals surface area contributed by atoms with Crippen molar-refractivity contribution in [2.75, 3.05) is 5.32 Å². The summed E-state index contributed by atoms with van der Waals surface area (Å²) in [6, 6.07) is 13.0. The molecule has 0 radical (unpaired) electrons. The van der Waals surface area contributed by atoms with E-state index in [9.17, 15) is 9.18 Å². The number of rotatable bonds is 5. The molecule has 0 spiro atoms. The van der Waals surface area contributed by atoms with Crippen molar-refractivity contribution in [1.29, 1.82) is 0 Å². The first-order valence-electron chi connectivity index (χ1n) is 7.71. The number of aromatic nitrogens is 1. The quantitative estimate of drug-likeness (QED) is 0.717. The van der Waals surface area contributed by atoms with Crippen LogP contribution in [0, 0.1) is 18.2 Å². The third-order valence-electron chi connectivity index (χ3n) is 3.56. The molecule has 25 heavy (non-hydrogen) atoms. The number of anilines is 1. The molecule has 0 fully saturated rings. The van der Waals surface area contributed by atoms with Crippen LogP contribution in [0.4, 0.5) is 10.1 Å². The number of hydrogen-bond acceptors (Lipinski definition) is 3. The molecule has 0 saturated carbocycles. The van der Waals surface area contributed by atoms with Gasteiger partial charge in [0.25, 0.3) is 0 Å². The van der Waals surface area contributed by atoms with Gasteiger partial charge >= 0.3 is 0 Å². The number of nitrogens with zero attached hydrogens (tertiary/aromatic N) is 1. The molecule has 1 aromatic heterocycles. The summed E-state index contributed by atoms with van der Waals surface area (Å²) < 4.78 is 18.5. The summed E-state index contributed by atoms with van der Waals surface area (Å²) in [6.45, 7) is 0. The van der Waals surface area contributed by atoms with Crippen LogP contribution in [-0.4, -0.2) is 10.9 Å². The van der Waals surface area contributed by atoms with Gasteiger partial charge in [0, 0.05) is 29.7 Å². The number of benzene rings is 2. The zero-order chi connectivity index (χ0) is 17.6. The molecule has 0 saturated heterocycles. The zero-order valence-electron chi connectivity index (χ0n) is 13.3. The average molecular weight is 334 g/mol. The molecule has 124 valence electrons. The lowest BCUT2D eigenvalue weighted by molar-refractivity contribution is -0.116. The van der Waals surface area contributed by atoms with Crippen LogP contribution in [0.3, 0.4) is 0 Å². The van der Waals surface area contributed by atoms with E-state index in [0.717, 1.165) is 5.56 Å². The van der Waals surface area contributed by atoms with Crippen molar-refractivity contribution in [2.24, 2.45) is 0 Å². The smallest absolute Gasteiger partial charge is 0.224 e. The van der Waals surface area contributed by atoms with E-state index in [-0.39, 0.29) is 18.1 Å². The lowest BCUT2D eigenvalue weighted by atomic mass is 10.2. The van der Waals surface area contributed by atoms with Crippen molar-refractivity contribution in [1.82, 2.24) is 4.98 Å². The normalized spacial score (nSPS) is 10.2. The minimum absolute atomic E-state index is 0.157. The average Bonchev–Trinajstić information content (AvgIpc) is 3.10. The summed E-state index contributed by atoms with van der Waals surface area (Å²) in [5.41, 5.74) is 2.09. The van der Waals surface area contributed by atoms with E-state index in [1.165, 1.54) is 12.1 Å². The van der Waals surface area contributed by atoms with Gasteiger partial charge in [-0.2, -0.15) is 0 Å². The first-order valence-corrected chi connectivity index (χ1v) is 7.71. The Morgan fingerprint density at radius 3 is 2.80 bits per heavy atom. The second-order valence-corrected chi connectivity index (χ2v) is 5.40. The van der Waals surface area contributed by atoms with Crippen LogP contribution in [0.2, 0.25) is 0 Å². The lowest BCUT2D eigenvalue weighted by Crippen LogP contribution is -2.12.